The van der Waals surface area contributed by atoms with Gasteiger partial charge in [0.25, 0.3) is 10.0 Å². The first kappa shape index (κ1) is 24.3. The largest absolute Gasteiger partial charge is 0.481 e. The Labute approximate surface area is 214 Å². The van der Waals surface area contributed by atoms with Crippen molar-refractivity contribution in [2.75, 3.05) is 24.4 Å². The lowest BCUT2D eigenvalue weighted by molar-refractivity contribution is -0.165. The van der Waals surface area contributed by atoms with Crippen molar-refractivity contribution in [3.05, 3.63) is 47.5 Å². The number of fused-ring (bicyclic) bond motifs is 5. The maximum absolute atomic E-state index is 14.8. The number of aromatic nitrogens is 3. The number of sulfonamides is 1. The zero-order chi connectivity index (χ0) is 25.7. The van der Waals surface area contributed by atoms with Crippen LogP contribution in [0.3, 0.4) is 0 Å². The number of hydrogen-bond donors (Lipinski definition) is 2. The normalized spacial score (nSPS) is 25.8. The summed E-state index contributed by atoms with van der Waals surface area (Å²) in [6.07, 6.45) is 6.05. The molecule has 2 saturated heterocycles. The van der Waals surface area contributed by atoms with Crippen molar-refractivity contribution < 1.29 is 27.0 Å². The lowest BCUT2D eigenvalue weighted by Crippen LogP contribution is -2.61. The summed E-state index contributed by atoms with van der Waals surface area (Å²) < 4.78 is 57.7. The minimum atomic E-state index is -3.52. The first-order chi connectivity index (χ1) is 17.8. The topological polar surface area (TPSA) is 125 Å². The molecule has 3 aromatic rings. The molecule has 0 radical (unpaired) electrons. The summed E-state index contributed by atoms with van der Waals surface area (Å²) >= 11 is 0. The molecule has 1 aliphatic carbocycles. The van der Waals surface area contributed by atoms with Crippen LogP contribution in [0.1, 0.15) is 43.4 Å². The Balaban J connectivity index is 1.10. The van der Waals surface area contributed by atoms with E-state index in [0.29, 0.717) is 59.9 Å². The Kier molecular flexibility index (Phi) is 5.92. The summed E-state index contributed by atoms with van der Waals surface area (Å²) in [5.41, 5.74) is 1.97. The average molecular weight is 530 g/mol. The fourth-order valence-corrected chi connectivity index (χ4v) is 6.25. The van der Waals surface area contributed by atoms with Crippen LogP contribution >= 0.6 is 0 Å². The summed E-state index contributed by atoms with van der Waals surface area (Å²) in [7, 11) is -1.99. The summed E-state index contributed by atoms with van der Waals surface area (Å²) in [6, 6.07) is 7.07. The molecule has 196 valence electrons. The molecule has 2 N–H and O–H groups in total. The number of methoxy groups -OCH3 is 1. The highest BCUT2D eigenvalue weighted by Crippen LogP contribution is 2.46. The number of pyridine rings is 3. The number of halogens is 1. The minimum absolute atomic E-state index is 0.168. The Morgan fingerprint density at radius 1 is 1.16 bits per heavy atom. The average Bonchev–Trinajstić information content (AvgIpc) is 2.91. The third-order valence-electron chi connectivity index (χ3n) is 7.73. The number of nitrogens with one attached hydrogen (secondary N) is 2. The zero-order valence-corrected chi connectivity index (χ0v) is 21.2. The van der Waals surface area contributed by atoms with E-state index in [0.717, 1.165) is 25.7 Å². The van der Waals surface area contributed by atoms with Crippen molar-refractivity contribution in [3.63, 3.8) is 0 Å². The van der Waals surface area contributed by atoms with Crippen LogP contribution in [-0.2, 0) is 27.7 Å². The predicted octanol–water partition coefficient (Wildman–Crippen LogP) is 3.07. The van der Waals surface area contributed by atoms with Crippen LogP contribution < -0.4 is 19.5 Å². The van der Waals surface area contributed by atoms with Crippen molar-refractivity contribution in [3.8, 4) is 11.6 Å². The smallest absolute Gasteiger partial charge is 0.269 e. The molecule has 37 heavy (non-hydrogen) atoms. The molecule has 0 unspecified atom stereocenters. The number of hydrogen-bond acceptors (Lipinski definition) is 9. The Hall–Kier alpha value is -3.09. The highest BCUT2D eigenvalue weighted by molar-refractivity contribution is 7.92. The van der Waals surface area contributed by atoms with E-state index in [2.05, 4.69) is 25.0 Å². The van der Waals surface area contributed by atoms with Gasteiger partial charge in [-0.25, -0.2) is 22.8 Å². The molecule has 4 aliphatic rings. The number of nitrogens with zero attached hydrogens (tertiary/aromatic N) is 3. The molecule has 2 bridgehead atoms. The van der Waals surface area contributed by atoms with Gasteiger partial charge in [-0.05, 0) is 56.7 Å². The molecule has 0 amide bonds. The van der Waals surface area contributed by atoms with Crippen LogP contribution in [0.5, 0.6) is 11.6 Å². The summed E-state index contributed by atoms with van der Waals surface area (Å²) in [6.45, 7) is 1.03. The molecule has 6 heterocycles. The van der Waals surface area contributed by atoms with Crippen molar-refractivity contribution >= 4 is 26.9 Å². The Morgan fingerprint density at radius 2 is 2.00 bits per heavy atom. The van der Waals surface area contributed by atoms with Crippen LogP contribution in [0, 0.1) is 5.82 Å². The van der Waals surface area contributed by atoms with E-state index >= 15 is 0 Å². The molecule has 3 aromatic heterocycles. The maximum atomic E-state index is 14.8. The molecule has 0 spiro atoms. The quantitative estimate of drug-likeness (QED) is 0.475. The maximum Gasteiger partial charge on any atom is 0.269 e. The second-order valence-electron chi connectivity index (χ2n) is 10.0. The van der Waals surface area contributed by atoms with E-state index in [9.17, 15) is 12.8 Å². The van der Waals surface area contributed by atoms with Crippen LogP contribution in [0.4, 0.5) is 10.2 Å². The number of aryl methyl sites for hydroxylation is 1. The van der Waals surface area contributed by atoms with Gasteiger partial charge in [0.1, 0.15) is 5.82 Å². The van der Waals surface area contributed by atoms with Gasteiger partial charge in [-0.1, -0.05) is 0 Å². The van der Waals surface area contributed by atoms with Gasteiger partial charge < -0.3 is 19.5 Å². The van der Waals surface area contributed by atoms with E-state index < -0.39 is 16.0 Å². The van der Waals surface area contributed by atoms with E-state index in [1.165, 1.54) is 13.3 Å². The molecule has 1 saturated carbocycles. The number of anilines is 1. The van der Waals surface area contributed by atoms with E-state index in [4.69, 9.17) is 14.2 Å². The predicted molar refractivity (Wildman–Crippen MR) is 133 cm³/mol. The molecule has 10 nitrogen and oxygen atoms in total. The van der Waals surface area contributed by atoms with Crippen LogP contribution in [0.25, 0.3) is 11.0 Å². The second-order valence-corrected chi connectivity index (χ2v) is 11.7. The van der Waals surface area contributed by atoms with Gasteiger partial charge in [0, 0.05) is 23.7 Å². The van der Waals surface area contributed by atoms with Gasteiger partial charge in [0.2, 0.25) is 11.8 Å². The summed E-state index contributed by atoms with van der Waals surface area (Å²) in [5.74, 6) is 0.300. The number of rotatable bonds is 7. The monoisotopic (exact) mass is 529 g/mol. The first-order valence-corrected chi connectivity index (χ1v) is 13.9. The van der Waals surface area contributed by atoms with E-state index in [-0.39, 0.29) is 22.8 Å². The van der Waals surface area contributed by atoms with E-state index in [1.807, 2.05) is 6.07 Å². The third-order valence-corrected chi connectivity index (χ3v) is 8.67. The van der Waals surface area contributed by atoms with Crippen molar-refractivity contribution in [2.45, 2.75) is 56.2 Å². The molecule has 0 atom stereocenters. The lowest BCUT2D eigenvalue weighted by atomic mass is 9.69. The standard InChI is InChI=1S/C25H28FN5O5S/c1-34-21-5-3-19-22(30-21)17(18(26)13-27-19)6-7-25-10-8-24(9-11-25,14-36-25)28-12-16-2-4-20-23(29-16)31-37(32,33)15-35-20/h2-5,13,28H,6-12,14-15H2,1H3,(H,29,31). The van der Waals surface area contributed by atoms with Crippen molar-refractivity contribution in [1.82, 2.24) is 20.3 Å². The minimum Gasteiger partial charge on any atom is -0.481 e. The Morgan fingerprint density at radius 3 is 2.76 bits per heavy atom. The van der Waals surface area contributed by atoms with Crippen molar-refractivity contribution in [2.24, 2.45) is 0 Å². The SMILES string of the molecule is COc1ccc2ncc(F)c(CCC34CCC(NCc5ccc6c(n5)NS(=O)(=O)CO6)(CC3)CO4)c2n1. The van der Waals surface area contributed by atoms with Crippen LogP contribution in [-0.4, -0.2) is 54.2 Å². The highest BCUT2D eigenvalue weighted by Gasteiger charge is 2.49. The first-order valence-electron chi connectivity index (χ1n) is 12.3. The fourth-order valence-electron chi connectivity index (χ4n) is 5.47. The van der Waals surface area contributed by atoms with E-state index in [1.54, 1.807) is 18.2 Å². The van der Waals surface area contributed by atoms with Gasteiger partial charge in [-0.3, -0.25) is 9.71 Å². The van der Waals surface area contributed by atoms with Gasteiger partial charge in [0.05, 0.1) is 42.2 Å². The molecule has 7 rings (SSSR count). The molecule has 0 aromatic carbocycles. The highest BCUT2D eigenvalue weighted by atomic mass is 32.2. The van der Waals surface area contributed by atoms with Gasteiger partial charge >= 0.3 is 0 Å². The van der Waals surface area contributed by atoms with Gasteiger partial charge in [0.15, 0.2) is 11.6 Å². The molecule has 3 fully saturated rings. The van der Waals surface area contributed by atoms with Gasteiger partial charge in [-0.2, -0.15) is 0 Å². The Bertz CT molecular complexity index is 1440. The fraction of sp³-hybridized carbons (Fsp3) is 0.480. The summed E-state index contributed by atoms with van der Waals surface area (Å²) in [5, 5.41) is 3.61. The number of ether oxygens (including phenoxy) is 3. The lowest BCUT2D eigenvalue weighted by Gasteiger charge is -2.53. The molecular weight excluding hydrogens is 501 g/mol. The van der Waals surface area contributed by atoms with Crippen LogP contribution in [0.15, 0.2) is 30.5 Å². The molecular formula is C25H28FN5O5S. The third kappa shape index (κ3) is 4.69. The zero-order valence-electron chi connectivity index (χ0n) is 20.4. The summed E-state index contributed by atoms with van der Waals surface area (Å²) in [4.78, 5) is 13.0. The molecule has 12 heteroatoms. The molecule has 3 aliphatic heterocycles. The second kappa shape index (κ2) is 9.03. The van der Waals surface area contributed by atoms with Crippen LogP contribution in [0.2, 0.25) is 0 Å². The van der Waals surface area contributed by atoms with Crippen molar-refractivity contribution in [1.29, 1.82) is 0 Å². The van der Waals surface area contributed by atoms with Gasteiger partial charge in [-0.15, -0.1) is 0 Å².